The first-order valence-corrected chi connectivity index (χ1v) is 7.05. The summed E-state index contributed by atoms with van der Waals surface area (Å²) in [5.74, 6) is 0.0627. The predicted molar refractivity (Wildman–Crippen MR) is 81.8 cm³/mol. The molecule has 0 aliphatic rings. The van der Waals surface area contributed by atoms with Crippen LogP contribution >= 0.6 is 15.9 Å². The van der Waals surface area contributed by atoms with Crippen LogP contribution in [0.5, 0.6) is 5.75 Å². The van der Waals surface area contributed by atoms with Crippen LogP contribution in [0.4, 0.5) is 0 Å². The summed E-state index contributed by atoms with van der Waals surface area (Å²) in [6, 6.07) is 4.91. The first kappa shape index (κ1) is 14.5. The number of phenolic OH excluding ortho intramolecular Hbond substituents is 1. The lowest BCUT2D eigenvalue weighted by Crippen LogP contribution is -2.01. The van der Waals surface area contributed by atoms with E-state index in [-0.39, 0.29) is 11.5 Å². The number of hydrogen-bond acceptors (Lipinski definition) is 3. The van der Waals surface area contributed by atoms with Gasteiger partial charge in [-0.2, -0.15) is 5.10 Å². The van der Waals surface area contributed by atoms with Crippen molar-refractivity contribution in [2.45, 2.75) is 20.4 Å². The van der Waals surface area contributed by atoms with Crippen molar-refractivity contribution in [3.8, 4) is 5.75 Å². The van der Waals surface area contributed by atoms with Gasteiger partial charge in [-0.1, -0.05) is 15.9 Å². The second-order valence-corrected chi connectivity index (χ2v) is 5.22. The Morgan fingerprint density at radius 1 is 1.50 bits per heavy atom. The molecule has 0 unspecified atom stereocenters. The fraction of sp³-hybridized carbons (Fsp3) is 0.200. The third kappa shape index (κ3) is 2.99. The number of rotatable bonds is 4. The largest absolute Gasteiger partial charge is 0.508 e. The van der Waals surface area contributed by atoms with Crippen LogP contribution in [0.1, 0.15) is 28.5 Å². The lowest BCUT2D eigenvalue weighted by Gasteiger charge is -2.00. The number of carbonyl (C=O) groups is 1. The Balaban J connectivity index is 2.24. The molecule has 0 aliphatic heterocycles. The van der Waals surface area contributed by atoms with E-state index in [0.29, 0.717) is 5.56 Å². The van der Waals surface area contributed by atoms with Crippen LogP contribution in [0, 0.1) is 6.92 Å². The lowest BCUT2D eigenvalue weighted by molar-refractivity contribution is 0.104. The minimum Gasteiger partial charge on any atom is -0.508 e. The van der Waals surface area contributed by atoms with Gasteiger partial charge in [-0.3, -0.25) is 9.48 Å². The van der Waals surface area contributed by atoms with Crippen LogP contribution in [-0.2, 0) is 6.54 Å². The molecule has 2 aromatic rings. The van der Waals surface area contributed by atoms with Crippen molar-refractivity contribution in [3.63, 3.8) is 0 Å². The van der Waals surface area contributed by atoms with Gasteiger partial charge in [-0.25, -0.2) is 0 Å². The smallest absolute Gasteiger partial charge is 0.189 e. The summed E-state index contributed by atoms with van der Waals surface area (Å²) in [6.45, 7) is 4.59. The summed E-state index contributed by atoms with van der Waals surface area (Å²) in [7, 11) is 0. The van der Waals surface area contributed by atoms with Gasteiger partial charge in [0.1, 0.15) is 5.75 Å². The molecule has 0 bridgehead atoms. The number of ketones is 1. The molecule has 0 saturated heterocycles. The Bertz CT molecular complexity index is 675. The van der Waals surface area contributed by atoms with E-state index >= 15 is 0 Å². The molecule has 1 heterocycles. The standard InChI is InChI=1S/C15H15BrN2O2/c1-3-18-10(2)13(9-17-18)15(20)7-4-11-8-12(19)5-6-14(11)16/h4-9,19H,3H2,1-2H3/b7-4+. The van der Waals surface area contributed by atoms with Crippen molar-refractivity contribution in [3.05, 3.63) is 51.8 Å². The third-order valence-corrected chi connectivity index (χ3v) is 3.78. The van der Waals surface area contributed by atoms with Gasteiger partial charge in [0.05, 0.1) is 11.8 Å². The van der Waals surface area contributed by atoms with E-state index in [9.17, 15) is 9.90 Å². The molecular weight excluding hydrogens is 320 g/mol. The van der Waals surface area contributed by atoms with Gasteiger partial charge in [0.15, 0.2) is 5.78 Å². The number of hydrogen-bond donors (Lipinski definition) is 1. The van der Waals surface area contributed by atoms with Crippen LogP contribution in [0.3, 0.4) is 0 Å². The maximum atomic E-state index is 12.1. The van der Waals surface area contributed by atoms with Gasteiger partial charge in [-0.05, 0) is 49.8 Å². The summed E-state index contributed by atoms with van der Waals surface area (Å²) < 4.78 is 2.60. The first-order valence-electron chi connectivity index (χ1n) is 6.26. The van der Waals surface area contributed by atoms with E-state index in [1.807, 2.05) is 13.8 Å². The predicted octanol–water partition coefficient (Wildman–Crippen LogP) is 3.58. The average Bonchev–Trinajstić information content (AvgIpc) is 2.80. The average molecular weight is 335 g/mol. The van der Waals surface area contributed by atoms with Crippen LogP contribution in [0.2, 0.25) is 0 Å². The summed E-state index contributed by atoms with van der Waals surface area (Å²) in [5.41, 5.74) is 2.20. The van der Waals surface area contributed by atoms with Gasteiger partial charge < -0.3 is 5.11 Å². The zero-order valence-corrected chi connectivity index (χ0v) is 12.9. The van der Waals surface area contributed by atoms with Gasteiger partial charge in [0.25, 0.3) is 0 Å². The van der Waals surface area contributed by atoms with Crippen molar-refractivity contribution in [2.24, 2.45) is 0 Å². The Morgan fingerprint density at radius 2 is 2.25 bits per heavy atom. The highest BCUT2D eigenvalue weighted by Crippen LogP contribution is 2.23. The maximum absolute atomic E-state index is 12.1. The number of phenols is 1. The highest BCUT2D eigenvalue weighted by molar-refractivity contribution is 9.10. The number of allylic oxidation sites excluding steroid dienone is 1. The molecule has 1 N–H and O–H groups in total. The Morgan fingerprint density at radius 3 is 2.90 bits per heavy atom. The Hall–Kier alpha value is -1.88. The number of aryl methyl sites for hydroxylation is 1. The molecule has 0 radical (unpaired) electrons. The minimum atomic E-state index is -0.0996. The molecule has 0 atom stereocenters. The number of nitrogens with zero attached hydrogens (tertiary/aromatic N) is 2. The molecule has 1 aromatic heterocycles. The summed E-state index contributed by atoms with van der Waals surface area (Å²) >= 11 is 3.38. The van der Waals surface area contributed by atoms with Crippen LogP contribution < -0.4 is 0 Å². The van der Waals surface area contributed by atoms with Gasteiger partial charge >= 0.3 is 0 Å². The van der Waals surface area contributed by atoms with Crippen molar-refractivity contribution in [1.82, 2.24) is 9.78 Å². The van der Waals surface area contributed by atoms with Crippen molar-refractivity contribution in [2.75, 3.05) is 0 Å². The molecule has 1 aromatic carbocycles. The summed E-state index contributed by atoms with van der Waals surface area (Å²) in [5, 5.41) is 13.6. The normalized spacial score (nSPS) is 11.2. The van der Waals surface area contributed by atoms with Gasteiger partial charge in [0, 0.05) is 16.7 Å². The van der Waals surface area contributed by atoms with Crippen molar-refractivity contribution < 1.29 is 9.90 Å². The number of aromatic nitrogens is 2. The molecule has 2 rings (SSSR count). The molecule has 5 heteroatoms. The molecule has 0 spiro atoms. The molecule has 0 amide bonds. The van der Waals surface area contributed by atoms with Gasteiger partial charge in [0.2, 0.25) is 0 Å². The molecule has 4 nitrogen and oxygen atoms in total. The van der Waals surface area contributed by atoms with E-state index in [4.69, 9.17) is 0 Å². The Labute approximate surface area is 125 Å². The molecule has 0 saturated carbocycles. The molecule has 0 fully saturated rings. The second-order valence-electron chi connectivity index (χ2n) is 4.36. The molecule has 104 valence electrons. The zero-order valence-electron chi connectivity index (χ0n) is 11.3. The van der Waals surface area contributed by atoms with Crippen molar-refractivity contribution >= 4 is 27.8 Å². The highest BCUT2D eigenvalue weighted by atomic mass is 79.9. The molecule has 20 heavy (non-hydrogen) atoms. The lowest BCUT2D eigenvalue weighted by atomic mass is 10.1. The number of aromatic hydroxyl groups is 1. The fourth-order valence-corrected chi connectivity index (χ4v) is 2.30. The second kappa shape index (κ2) is 6.05. The monoisotopic (exact) mass is 334 g/mol. The van der Waals surface area contributed by atoms with Crippen molar-refractivity contribution in [1.29, 1.82) is 0 Å². The number of benzene rings is 1. The fourth-order valence-electron chi connectivity index (χ4n) is 1.92. The zero-order chi connectivity index (χ0) is 14.7. The quantitative estimate of drug-likeness (QED) is 0.686. The van der Waals surface area contributed by atoms with Crippen LogP contribution in [0.25, 0.3) is 6.08 Å². The van der Waals surface area contributed by atoms with E-state index in [0.717, 1.165) is 22.3 Å². The minimum absolute atomic E-state index is 0.0996. The number of carbonyl (C=O) groups excluding carboxylic acids is 1. The number of halogens is 1. The summed E-state index contributed by atoms with van der Waals surface area (Å²) in [6.07, 6.45) is 4.75. The van der Waals surface area contributed by atoms with Gasteiger partial charge in [-0.15, -0.1) is 0 Å². The van der Waals surface area contributed by atoms with E-state index in [1.165, 1.54) is 6.08 Å². The first-order chi connectivity index (χ1) is 9.52. The molecule has 0 aliphatic carbocycles. The van der Waals surface area contributed by atoms with E-state index < -0.39 is 0 Å². The Kier molecular flexibility index (Phi) is 4.39. The van der Waals surface area contributed by atoms with Crippen LogP contribution in [-0.4, -0.2) is 20.7 Å². The van der Waals surface area contributed by atoms with E-state index in [2.05, 4.69) is 21.0 Å². The highest BCUT2D eigenvalue weighted by Gasteiger charge is 2.11. The van der Waals surface area contributed by atoms with E-state index in [1.54, 1.807) is 35.2 Å². The SMILES string of the molecule is CCn1ncc(C(=O)/C=C/c2cc(O)ccc2Br)c1C. The topological polar surface area (TPSA) is 55.1 Å². The summed E-state index contributed by atoms with van der Waals surface area (Å²) in [4.78, 5) is 12.1. The maximum Gasteiger partial charge on any atom is 0.189 e. The third-order valence-electron chi connectivity index (χ3n) is 3.06. The molecular formula is C15H15BrN2O2. The van der Waals surface area contributed by atoms with Crippen LogP contribution in [0.15, 0.2) is 34.9 Å².